The highest BCUT2D eigenvalue weighted by Gasteiger charge is 2.08. The first-order valence-electron chi connectivity index (χ1n) is 7.63. The van der Waals surface area contributed by atoms with E-state index in [2.05, 4.69) is 29.1 Å². The normalized spacial score (nSPS) is 10.2. The second-order valence-corrected chi connectivity index (χ2v) is 5.40. The number of nitrogens with one attached hydrogen (secondary N) is 1. The highest BCUT2D eigenvalue weighted by atomic mass is 16.5. The second kappa shape index (κ2) is 8.13. The van der Waals surface area contributed by atoms with Crippen LogP contribution in [0.3, 0.4) is 0 Å². The Morgan fingerprint density at radius 3 is 2.61 bits per heavy atom. The van der Waals surface area contributed by atoms with Gasteiger partial charge in [-0.3, -0.25) is 4.79 Å². The van der Waals surface area contributed by atoms with Crippen LogP contribution in [0.4, 0.5) is 5.69 Å². The van der Waals surface area contributed by atoms with E-state index in [1.165, 1.54) is 18.2 Å². The minimum Gasteiger partial charge on any atom is -0.465 e. The SMILES string of the molecule is COC(=O)c1cccc(NC(=O)CCCc2ccccc2C)c1. The summed E-state index contributed by atoms with van der Waals surface area (Å²) in [5, 5.41) is 2.82. The number of anilines is 1. The maximum atomic E-state index is 12.0. The van der Waals surface area contributed by atoms with Crippen LogP contribution in [0.2, 0.25) is 0 Å². The Bertz CT molecular complexity index is 695. The van der Waals surface area contributed by atoms with E-state index in [4.69, 9.17) is 0 Å². The fraction of sp³-hybridized carbons (Fsp3) is 0.263. The third-order valence-electron chi connectivity index (χ3n) is 3.68. The van der Waals surface area contributed by atoms with Gasteiger partial charge in [0.2, 0.25) is 5.91 Å². The quantitative estimate of drug-likeness (QED) is 0.827. The summed E-state index contributed by atoms with van der Waals surface area (Å²) in [6, 6.07) is 14.9. The molecule has 0 aliphatic carbocycles. The number of carbonyl (C=O) groups excluding carboxylic acids is 2. The first-order chi connectivity index (χ1) is 11.1. The molecule has 4 nitrogen and oxygen atoms in total. The van der Waals surface area contributed by atoms with Crippen LogP contribution in [0.25, 0.3) is 0 Å². The van der Waals surface area contributed by atoms with Gasteiger partial charge in [0.25, 0.3) is 0 Å². The third kappa shape index (κ3) is 4.95. The topological polar surface area (TPSA) is 55.4 Å². The molecule has 0 bridgehead atoms. The minimum atomic E-state index is -0.416. The van der Waals surface area contributed by atoms with E-state index in [9.17, 15) is 9.59 Å². The van der Waals surface area contributed by atoms with Crippen LogP contribution in [-0.4, -0.2) is 19.0 Å². The standard InChI is InChI=1S/C19H21NO3/c1-14-7-3-4-8-15(14)9-6-12-18(21)20-17-11-5-10-16(13-17)19(22)23-2/h3-5,7-8,10-11,13H,6,9,12H2,1-2H3,(H,20,21). The molecule has 2 aromatic rings. The summed E-state index contributed by atoms with van der Waals surface area (Å²) in [6.07, 6.45) is 2.10. The first-order valence-corrected chi connectivity index (χ1v) is 7.63. The number of benzene rings is 2. The zero-order valence-electron chi connectivity index (χ0n) is 13.5. The number of rotatable bonds is 6. The molecule has 0 unspecified atom stereocenters. The molecule has 0 aliphatic heterocycles. The molecule has 1 amide bonds. The van der Waals surface area contributed by atoms with Crippen molar-refractivity contribution in [1.29, 1.82) is 0 Å². The van der Waals surface area contributed by atoms with Crippen LogP contribution < -0.4 is 5.32 Å². The van der Waals surface area contributed by atoms with Gasteiger partial charge < -0.3 is 10.1 Å². The molecular formula is C19H21NO3. The first kappa shape index (κ1) is 16.7. The van der Waals surface area contributed by atoms with E-state index in [-0.39, 0.29) is 5.91 Å². The van der Waals surface area contributed by atoms with Crippen LogP contribution in [-0.2, 0) is 16.0 Å². The summed E-state index contributed by atoms with van der Waals surface area (Å²) in [7, 11) is 1.33. The van der Waals surface area contributed by atoms with Gasteiger partial charge in [-0.05, 0) is 49.1 Å². The van der Waals surface area contributed by atoms with Crippen molar-refractivity contribution in [2.75, 3.05) is 12.4 Å². The highest BCUT2D eigenvalue weighted by Crippen LogP contribution is 2.14. The molecule has 0 fully saturated rings. The van der Waals surface area contributed by atoms with Crippen LogP contribution in [0, 0.1) is 6.92 Å². The summed E-state index contributed by atoms with van der Waals surface area (Å²) >= 11 is 0. The molecule has 0 aromatic heterocycles. The van der Waals surface area contributed by atoms with Crippen molar-refractivity contribution in [3.8, 4) is 0 Å². The van der Waals surface area contributed by atoms with Crippen LogP contribution >= 0.6 is 0 Å². The second-order valence-electron chi connectivity index (χ2n) is 5.40. The van der Waals surface area contributed by atoms with Gasteiger partial charge in [-0.2, -0.15) is 0 Å². The molecule has 4 heteroatoms. The number of hydrogen-bond donors (Lipinski definition) is 1. The Labute approximate surface area is 136 Å². The molecule has 120 valence electrons. The van der Waals surface area contributed by atoms with Crippen molar-refractivity contribution < 1.29 is 14.3 Å². The third-order valence-corrected chi connectivity index (χ3v) is 3.68. The summed E-state index contributed by atoms with van der Waals surface area (Å²) in [4.78, 5) is 23.5. The molecule has 0 heterocycles. The van der Waals surface area contributed by atoms with Crippen molar-refractivity contribution in [2.24, 2.45) is 0 Å². The van der Waals surface area contributed by atoms with E-state index >= 15 is 0 Å². The van der Waals surface area contributed by atoms with E-state index in [1.807, 2.05) is 12.1 Å². The average Bonchev–Trinajstić information content (AvgIpc) is 2.56. The fourth-order valence-electron chi connectivity index (χ4n) is 2.40. The maximum Gasteiger partial charge on any atom is 0.337 e. The summed E-state index contributed by atoms with van der Waals surface area (Å²) in [5.41, 5.74) is 3.55. The summed E-state index contributed by atoms with van der Waals surface area (Å²) < 4.78 is 4.67. The van der Waals surface area contributed by atoms with Gasteiger partial charge in [-0.15, -0.1) is 0 Å². The number of amides is 1. The molecular weight excluding hydrogens is 290 g/mol. The predicted octanol–water partition coefficient (Wildman–Crippen LogP) is 3.74. The number of carbonyl (C=O) groups is 2. The van der Waals surface area contributed by atoms with Gasteiger partial charge in [0.15, 0.2) is 0 Å². The largest absolute Gasteiger partial charge is 0.465 e. The van der Waals surface area contributed by atoms with Gasteiger partial charge in [-0.25, -0.2) is 4.79 Å². The van der Waals surface area contributed by atoms with E-state index in [1.54, 1.807) is 24.3 Å². The smallest absolute Gasteiger partial charge is 0.337 e. The molecule has 0 saturated heterocycles. The molecule has 0 spiro atoms. The van der Waals surface area contributed by atoms with Crippen molar-refractivity contribution in [1.82, 2.24) is 0 Å². The van der Waals surface area contributed by atoms with Crippen molar-refractivity contribution in [3.63, 3.8) is 0 Å². The maximum absolute atomic E-state index is 12.0. The summed E-state index contributed by atoms with van der Waals surface area (Å²) in [5.74, 6) is -0.471. The Hall–Kier alpha value is -2.62. The Morgan fingerprint density at radius 2 is 1.87 bits per heavy atom. The molecule has 23 heavy (non-hydrogen) atoms. The van der Waals surface area contributed by atoms with E-state index in [0.29, 0.717) is 17.7 Å². The van der Waals surface area contributed by atoms with E-state index in [0.717, 1.165) is 12.8 Å². The number of methoxy groups -OCH3 is 1. The molecule has 2 aromatic carbocycles. The predicted molar refractivity (Wildman–Crippen MR) is 90.5 cm³/mol. The molecule has 1 N–H and O–H groups in total. The van der Waals surface area contributed by atoms with Crippen molar-refractivity contribution in [3.05, 3.63) is 65.2 Å². The number of ether oxygens (including phenoxy) is 1. The van der Waals surface area contributed by atoms with E-state index < -0.39 is 5.97 Å². The Kier molecular flexibility index (Phi) is 5.92. The Balaban J connectivity index is 1.85. The summed E-state index contributed by atoms with van der Waals surface area (Å²) in [6.45, 7) is 2.08. The number of esters is 1. The number of aryl methyl sites for hydroxylation is 2. The van der Waals surface area contributed by atoms with Gasteiger partial charge in [0.1, 0.15) is 0 Å². The van der Waals surface area contributed by atoms with Gasteiger partial charge >= 0.3 is 5.97 Å². The zero-order chi connectivity index (χ0) is 16.7. The molecule has 0 radical (unpaired) electrons. The molecule has 0 atom stereocenters. The lowest BCUT2D eigenvalue weighted by Crippen LogP contribution is -2.12. The lowest BCUT2D eigenvalue weighted by atomic mass is 10.0. The van der Waals surface area contributed by atoms with Gasteiger partial charge in [0, 0.05) is 12.1 Å². The zero-order valence-corrected chi connectivity index (χ0v) is 13.5. The highest BCUT2D eigenvalue weighted by molar-refractivity contribution is 5.94. The Morgan fingerprint density at radius 1 is 1.09 bits per heavy atom. The lowest BCUT2D eigenvalue weighted by molar-refractivity contribution is -0.116. The van der Waals surface area contributed by atoms with Crippen molar-refractivity contribution >= 4 is 17.6 Å². The average molecular weight is 311 g/mol. The van der Waals surface area contributed by atoms with Gasteiger partial charge in [-0.1, -0.05) is 30.3 Å². The molecule has 0 saturated carbocycles. The fourth-order valence-corrected chi connectivity index (χ4v) is 2.40. The van der Waals surface area contributed by atoms with Crippen molar-refractivity contribution in [2.45, 2.75) is 26.2 Å². The molecule has 2 rings (SSSR count). The van der Waals surface area contributed by atoms with Crippen LogP contribution in [0.5, 0.6) is 0 Å². The van der Waals surface area contributed by atoms with Crippen LogP contribution in [0.1, 0.15) is 34.3 Å². The van der Waals surface area contributed by atoms with Gasteiger partial charge in [0.05, 0.1) is 12.7 Å². The molecule has 0 aliphatic rings. The number of hydrogen-bond acceptors (Lipinski definition) is 3. The van der Waals surface area contributed by atoms with Crippen LogP contribution in [0.15, 0.2) is 48.5 Å². The minimum absolute atomic E-state index is 0.0550. The lowest BCUT2D eigenvalue weighted by Gasteiger charge is -2.08. The monoisotopic (exact) mass is 311 g/mol.